The van der Waals surface area contributed by atoms with Crippen LogP contribution in [0.4, 0.5) is 16.2 Å². The van der Waals surface area contributed by atoms with Crippen molar-refractivity contribution < 1.29 is 19.1 Å². The third kappa shape index (κ3) is 2.11. The summed E-state index contributed by atoms with van der Waals surface area (Å²) in [7, 11) is 0. The van der Waals surface area contributed by atoms with Crippen LogP contribution >= 0.6 is 0 Å². The molecule has 3 heterocycles. The number of urea groups is 1. The van der Waals surface area contributed by atoms with Crippen molar-refractivity contribution >= 4 is 29.2 Å². The van der Waals surface area contributed by atoms with Crippen LogP contribution < -0.4 is 15.1 Å². The first-order valence-electron chi connectivity index (χ1n) is 7.76. The number of carbonyl (C=O) groups excluding carboxylic acids is 3. The van der Waals surface area contributed by atoms with Gasteiger partial charge in [-0.25, -0.2) is 9.69 Å². The van der Waals surface area contributed by atoms with Gasteiger partial charge in [0.05, 0.1) is 5.69 Å². The molecule has 3 fully saturated rings. The van der Waals surface area contributed by atoms with E-state index in [-0.39, 0.29) is 11.8 Å². The summed E-state index contributed by atoms with van der Waals surface area (Å²) in [5, 5.41) is 2.83. The molecule has 0 aromatic heterocycles. The summed E-state index contributed by atoms with van der Waals surface area (Å²) < 4.78 is 5.30. The molecule has 3 aliphatic heterocycles. The lowest BCUT2D eigenvalue weighted by atomic mass is 9.90. The summed E-state index contributed by atoms with van der Waals surface area (Å²) in [5.74, 6) is -0.182. The molecule has 1 aromatic rings. The van der Waals surface area contributed by atoms with Crippen LogP contribution in [0, 0.1) is 0 Å². The van der Waals surface area contributed by atoms with Crippen molar-refractivity contribution in [1.82, 2.24) is 5.32 Å². The number of β-lactam (4-membered cyclic amide) rings is 1. The van der Waals surface area contributed by atoms with E-state index >= 15 is 0 Å². The maximum atomic E-state index is 12.8. The smallest absolute Gasteiger partial charge is 0.329 e. The highest BCUT2D eigenvalue weighted by Crippen LogP contribution is 2.33. The minimum atomic E-state index is -0.849. The molecular formula is C16H17N3O4. The zero-order valence-corrected chi connectivity index (χ0v) is 12.6. The Kier molecular flexibility index (Phi) is 3.12. The van der Waals surface area contributed by atoms with E-state index in [0.29, 0.717) is 50.4 Å². The van der Waals surface area contributed by atoms with Crippen LogP contribution in [0.25, 0.3) is 0 Å². The van der Waals surface area contributed by atoms with Gasteiger partial charge in [0.15, 0.2) is 0 Å². The lowest BCUT2D eigenvalue weighted by Crippen LogP contribution is -2.51. The average molecular weight is 315 g/mol. The lowest BCUT2D eigenvalue weighted by molar-refractivity contribution is -0.125. The minimum Gasteiger partial charge on any atom is -0.381 e. The van der Waals surface area contributed by atoms with E-state index in [1.165, 1.54) is 4.90 Å². The molecule has 1 aromatic carbocycles. The molecule has 4 rings (SSSR count). The average Bonchev–Trinajstić information content (AvgIpc) is 2.77. The summed E-state index contributed by atoms with van der Waals surface area (Å²) in [6.07, 6.45) is 1.51. The van der Waals surface area contributed by atoms with Gasteiger partial charge in [0.25, 0.3) is 5.91 Å². The Bertz CT molecular complexity index is 696. The van der Waals surface area contributed by atoms with Crippen molar-refractivity contribution in [1.29, 1.82) is 0 Å². The number of hydrogen-bond acceptors (Lipinski definition) is 4. The van der Waals surface area contributed by atoms with Gasteiger partial charge in [-0.1, -0.05) is 6.07 Å². The fraction of sp³-hybridized carbons (Fsp3) is 0.438. The topological polar surface area (TPSA) is 79.0 Å². The number of nitrogens with one attached hydrogen (secondary N) is 1. The monoisotopic (exact) mass is 315 g/mol. The Morgan fingerprint density at radius 3 is 2.48 bits per heavy atom. The molecule has 3 aliphatic rings. The van der Waals surface area contributed by atoms with E-state index in [2.05, 4.69) is 5.32 Å². The molecule has 7 nitrogen and oxygen atoms in total. The van der Waals surface area contributed by atoms with E-state index in [0.717, 1.165) is 0 Å². The molecule has 23 heavy (non-hydrogen) atoms. The normalized spacial score (nSPS) is 23.2. The summed E-state index contributed by atoms with van der Waals surface area (Å²) in [6.45, 7) is 1.59. The summed E-state index contributed by atoms with van der Waals surface area (Å²) >= 11 is 0. The largest absolute Gasteiger partial charge is 0.381 e. The van der Waals surface area contributed by atoms with Crippen LogP contribution in [0.5, 0.6) is 0 Å². The van der Waals surface area contributed by atoms with E-state index in [4.69, 9.17) is 4.74 Å². The van der Waals surface area contributed by atoms with Crippen molar-refractivity contribution in [3.8, 4) is 0 Å². The summed E-state index contributed by atoms with van der Waals surface area (Å²) in [4.78, 5) is 39.6. The number of rotatable bonds is 2. The molecule has 0 radical (unpaired) electrons. The standard InChI is InChI=1S/C16H17N3O4/c20-13-4-7-18(13)11-2-1-3-12(10-11)19-14(21)16(17-15(19)22)5-8-23-9-6-16/h1-3,10H,4-9H2,(H,17,22). The van der Waals surface area contributed by atoms with Gasteiger partial charge in [0, 0.05) is 44.7 Å². The van der Waals surface area contributed by atoms with Crippen molar-refractivity contribution in [3.63, 3.8) is 0 Å². The molecule has 120 valence electrons. The fourth-order valence-electron chi connectivity index (χ4n) is 3.30. The molecule has 0 saturated carbocycles. The lowest BCUT2D eigenvalue weighted by Gasteiger charge is -2.32. The molecule has 0 aliphatic carbocycles. The molecule has 7 heteroatoms. The number of amides is 4. The van der Waals surface area contributed by atoms with Crippen molar-refractivity contribution in [3.05, 3.63) is 24.3 Å². The molecule has 1 N–H and O–H groups in total. The molecule has 0 atom stereocenters. The second-order valence-corrected chi connectivity index (χ2v) is 6.08. The molecule has 4 amide bonds. The second-order valence-electron chi connectivity index (χ2n) is 6.08. The third-order valence-corrected chi connectivity index (χ3v) is 4.76. The first-order valence-corrected chi connectivity index (χ1v) is 7.76. The van der Waals surface area contributed by atoms with E-state index in [1.54, 1.807) is 23.1 Å². The zero-order valence-electron chi connectivity index (χ0n) is 12.6. The highest BCUT2D eigenvalue weighted by atomic mass is 16.5. The molecule has 0 unspecified atom stereocenters. The van der Waals surface area contributed by atoms with Gasteiger partial charge in [0.2, 0.25) is 5.91 Å². The van der Waals surface area contributed by atoms with Crippen LogP contribution in [0.15, 0.2) is 24.3 Å². The second kappa shape index (κ2) is 5.06. The summed E-state index contributed by atoms with van der Waals surface area (Å²) in [5.41, 5.74) is 0.359. The van der Waals surface area contributed by atoms with Crippen LogP contribution in [-0.4, -0.2) is 43.1 Å². The Morgan fingerprint density at radius 2 is 1.83 bits per heavy atom. The van der Waals surface area contributed by atoms with Gasteiger partial charge >= 0.3 is 6.03 Å². The number of anilines is 2. The Morgan fingerprint density at radius 1 is 1.09 bits per heavy atom. The van der Waals surface area contributed by atoms with Gasteiger partial charge in [0.1, 0.15) is 5.54 Å². The predicted molar refractivity (Wildman–Crippen MR) is 82.2 cm³/mol. The molecule has 0 bridgehead atoms. The Hall–Kier alpha value is -2.41. The number of hydrogen-bond donors (Lipinski definition) is 1. The van der Waals surface area contributed by atoms with Gasteiger partial charge in [-0.05, 0) is 18.2 Å². The van der Waals surface area contributed by atoms with Crippen molar-refractivity contribution in [2.75, 3.05) is 29.6 Å². The Labute approximate surface area is 133 Å². The minimum absolute atomic E-state index is 0.0558. The van der Waals surface area contributed by atoms with E-state index in [1.807, 2.05) is 6.07 Å². The van der Waals surface area contributed by atoms with Crippen molar-refractivity contribution in [2.24, 2.45) is 0 Å². The van der Waals surface area contributed by atoms with Gasteiger partial charge < -0.3 is 15.0 Å². The highest BCUT2D eigenvalue weighted by Gasteiger charge is 2.52. The molecular weight excluding hydrogens is 298 g/mol. The summed E-state index contributed by atoms with van der Waals surface area (Å²) in [6, 6.07) is 6.58. The molecule has 1 spiro atoms. The number of benzene rings is 1. The predicted octanol–water partition coefficient (Wildman–Crippen LogP) is 1.03. The maximum Gasteiger partial charge on any atom is 0.329 e. The van der Waals surface area contributed by atoms with Gasteiger partial charge in [-0.15, -0.1) is 0 Å². The van der Waals surface area contributed by atoms with E-state index < -0.39 is 11.6 Å². The fourth-order valence-corrected chi connectivity index (χ4v) is 3.30. The van der Waals surface area contributed by atoms with Crippen LogP contribution in [0.1, 0.15) is 19.3 Å². The SMILES string of the molecule is O=C1CCN1c1cccc(N2C(=O)NC3(CCOCC3)C2=O)c1. The zero-order chi connectivity index (χ0) is 16.0. The maximum absolute atomic E-state index is 12.8. The van der Waals surface area contributed by atoms with Crippen LogP contribution in [0.3, 0.4) is 0 Å². The number of carbonyl (C=O) groups is 3. The van der Waals surface area contributed by atoms with Crippen LogP contribution in [0.2, 0.25) is 0 Å². The number of nitrogens with zero attached hydrogens (tertiary/aromatic N) is 2. The Balaban J connectivity index is 1.65. The van der Waals surface area contributed by atoms with E-state index in [9.17, 15) is 14.4 Å². The first-order chi connectivity index (χ1) is 11.1. The van der Waals surface area contributed by atoms with Crippen molar-refractivity contribution in [2.45, 2.75) is 24.8 Å². The van der Waals surface area contributed by atoms with Crippen LogP contribution in [-0.2, 0) is 14.3 Å². The highest BCUT2D eigenvalue weighted by molar-refractivity contribution is 6.23. The third-order valence-electron chi connectivity index (χ3n) is 4.76. The van der Waals surface area contributed by atoms with Gasteiger partial charge in [-0.2, -0.15) is 0 Å². The number of ether oxygens (including phenoxy) is 1. The van der Waals surface area contributed by atoms with Gasteiger partial charge in [-0.3, -0.25) is 9.59 Å². The molecule has 3 saturated heterocycles. The first kappa shape index (κ1) is 14.2. The quantitative estimate of drug-likeness (QED) is 0.653. The number of imide groups is 1.